The van der Waals surface area contributed by atoms with Gasteiger partial charge in [0.2, 0.25) is 5.91 Å². The van der Waals surface area contributed by atoms with Crippen molar-refractivity contribution in [3.63, 3.8) is 0 Å². The fraction of sp³-hybridized carbons (Fsp3) is 0.474. The first-order valence-electron chi connectivity index (χ1n) is 8.89. The number of likely N-dealkylation sites (tertiary alicyclic amines) is 1. The zero-order valence-electron chi connectivity index (χ0n) is 14.7. The molecule has 2 aromatic heterocycles. The molecule has 0 saturated carbocycles. The van der Waals surface area contributed by atoms with Crippen LogP contribution in [-0.4, -0.2) is 42.0 Å². The molecule has 1 aliphatic heterocycles. The summed E-state index contributed by atoms with van der Waals surface area (Å²) in [5, 5.41) is 6.39. The minimum absolute atomic E-state index is 0.0615. The zero-order valence-corrected chi connectivity index (χ0v) is 14.7. The van der Waals surface area contributed by atoms with Crippen molar-refractivity contribution in [1.82, 2.24) is 15.2 Å². The number of nitrogens with zero attached hydrogens (tertiary/aromatic N) is 2. The van der Waals surface area contributed by atoms with Crippen LogP contribution in [0.2, 0.25) is 0 Å². The summed E-state index contributed by atoms with van der Waals surface area (Å²) in [5.41, 5.74) is 2.17. The highest BCUT2D eigenvalue weighted by molar-refractivity contribution is 5.79. The van der Waals surface area contributed by atoms with Gasteiger partial charge in [-0.2, -0.15) is 0 Å². The van der Waals surface area contributed by atoms with Gasteiger partial charge in [0.25, 0.3) is 0 Å². The maximum Gasteiger partial charge on any atom is 0.224 e. The number of furan rings is 1. The second kappa shape index (κ2) is 8.67. The lowest BCUT2D eigenvalue weighted by Crippen LogP contribution is -2.43. The predicted octanol–water partition coefficient (Wildman–Crippen LogP) is 2.42. The Morgan fingerprint density at radius 3 is 3.12 bits per heavy atom. The molecule has 6 nitrogen and oxygen atoms in total. The third-order valence-electron chi connectivity index (χ3n) is 4.60. The van der Waals surface area contributed by atoms with Gasteiger partial charge < -0.3 is 15.1 Å². The summed E-state index contributed by atoms with van der Waals surface area (Å²) in [6.45, 7) is 5.94. The van der Waals surface area contributed by atoms with Crippen LogP contribution in [0.25, 0.3) is 0 Å². The molecule has 0 unspecified atom stereocenters. The molecule has 3 rings (SSSR count). The number of rotatable bonds is 7. The third-order valence-corrected chi connectivity index (χ3v) is 4.60. The summed E-state index contributed by atoms with van der Waals surface area (Å²) < 4.78 is 5.41. The number of aryl methyl sites for hydroxylation is 1. The monoisotopic (exact) mass is 342 g/mol. The number of hydrogen-bond acceptors (Lipinski definition) is 5. The number of piperidine rings is 1. The van der Waals surface area contributed by atoms with E-state index in [1.54, 1.807) is 12.5 Å². The number of hydrogen-bond donors (Lipinski definition) is 2. The first-order chi connectivity index (χ1) is 12.2. The summed E-state index contributed by atoms with van der Waals surface area (Å²) >= 11 is 0. The van der Waals surface area contributed by atoms with Crippen LogP contribution < -0.4 is 10.6 Å². The molecule has 6 heteroatoms. The van der Waals surface area contributed by atoms with Crippen LogP contribution in [-0.2, 0) is 11.3 Å². The van der Waals surface area contributed by atoms with Gasteiger partial charge in [0.15, 0.2) is 0 Å². The zero-order chi connectivity index (χ0) is 17.5. The molecule has 1 fully saturated rings. The molecule has 0 aliphatic carbocycles. The van der Waals surface area contributed by atoms with E-state index in [2.05, 4.69) is 20.5 Å². The highest BCUT2D eigenvalue weighted by Gasteiger charge is 2.25. The van der Waals surface area contributed by atoms with Gasteiger partial charge in [0.05, 0.1) is 18.7 Å². The Bertz CT molecular complexity index is 672. The molecule has 0 aromatic carbocycles. The van der Waals surface area contributed by atoms with Gasteiger partial charge in [0.1, 0.15) is 5.76 Å². The summed E-state index contributed by atoms with van der Waals surface area (Å²) in [7, 11) is 0. The first-order valence-corrected chi connectivity index (χ1v) is 8.89. The van der Waals surface area contributed by atoms with E-state index in [4.69, 9.17) is 4.42 Å². The summed E-state index contributed by atoms with van der Waals surface area (Å²) in [6.07, 6.45) is 7.30. The molecule has 0 spiro atoms. The molecular formula is C19H26N4O2. The summed E-state index contributed by atoms with van der Waals surface area (Å²) in [6, 6.07) is 5.84. The molecule has 25 heavy (non-hydrogen) atoms. The van der Waals surface area contributed by atoms with E-state index in [-0.39, 0.29) is 11.8 Å². The Hall–Kier alpha value is -2.34. The maximum absolute atomic E-state index is 12.4. The number of aromatic nitrogens is 1. The summed E-state index contributed by atoms with van der Waals surface area (Å²) in [5.74, 6) is 1.17. The molecule has 1 aliphatic rings. The van der Waals surface area contributed by atoms with E-state index in [0.717, 1.165) is 49.5 Å². The molecule has 2 N–H and O–H groups in total. The molecule has 2 aromatic rings. The number of nitrogens with one attached hydrogen (secondary N) is 2. The van der Waals surface area contributed by atoms with Crippen molar-refractivity contribution in [3.8, 4) is 0 Å². The lowest BCUT2D eigenvalue weighted by atomic mass is 9.97. The van der Waals surface area contributed by atoms with Crippen molar-refractivity contribution < 1.29 is 9.21 Å². The predicted molar refractivity (Wildman–Crippen MR) is 97.2 cm³/mol. The number of carbonyl (C=O) groups is 1. The topological polar surface area (TPSA) is 70.4 Å². The Balaban J connectivity index is 1.39. The van der Waals surface area contributed by atoms with Crippen molar-refractivity contribution in [3.05, 3.63) is 48.2 Å². The minimum atomic E-state index is 0.0615. The number of pyridine rings is 1. The fourth-order valence-corrected chi connectivity index (χ4v) is 3.24. The first kappa shape index (κ1) is 17.5. The Morgan fingerprint density at radius 2 is 2.32 bits per heavy atom. The molecule has 1 atom stereocenters. The number of carbonyl (C=O) groups excluding carboxylic acids is 1. The molecular weight excluding hydrogens is 316 g/mol. The van der Waals surface area contributed by atoms with Crippen LogP contribution in [0.3, 0.4) is 0 Å². The average Bonchev–Trinajstić information content (AvgIpc) is 3.13. The van der Waals surface area contributed by atoms with Crippen molar-refractivity contribution in [1.29, 1.82) is 0 Å². The molecule has 3 heterocycles. The normalized spacial score (nSPS) is 18.0. The van der Waals surface area contributed by atoms with Gasteiger partial charge in [0, 0.05) is 37.7 Å². The second-order valence-corrected chi connectivity index (χ2v) is 6.56. The Labute approximate surface area is 148 Å². The van der Waals surface area contributed by atoms with Crippen LogP contribution in [0.4, 0.5) is 5.69 Å². The maximum atomic E-state index is 12.4. The van der Waals surface area contributed by atoms with Gasteiger partial charge in [-0.1, -0.05) is 0 Å². The third kappa shape index (κ3) is 5.06. The molecule has 0 bridgehead atoms. The van der Waals surface area contributed by atoms with E-state index >= 15 is 0 Å². The Morgan fingerprint density at radius 1 is 1.40 bits per heavy atom. The number of amides is 1. The number of anilines is 1. The highest BCUT2D eigenvalue weighted by atomic mass is 16.3. The second-order valence-electron chi connectivity index (χ2n) is 6.56. The Kier molecular flexibility index (Phi) is 6.06. The van der Waals surface area contributed by atoms with Gasteiger partial charge >= 0.3 is 0 Å². The fourth-order valence-electron chi connectivity index (χ4n) is 3.24. The minimum Gasteiger partial charge on any atom is -0.468 e. The van der Waals surface area contributed by atoms with Gasteiger partial charge in [-0.25, -0.2) is 0 Å². The van der Waals surface area contributed by atoms with Gasteiger partial charge in [-0.3, -0.25) is 14.7 Å². The van der Waals surface area contributed by atoms with Gasteiger partial charge in [-0.15, -0.1) is 0 Å². The van der Waals surface area contributed by atoms with Crippen molar-refractivity contribution in [2.24, 2.45) is 5.92 Å². The van der Waals surface area contributed by atoms with Gasteiger partial charge in [-0.05, 0) is 50.1 Å². The summed E-state index contributed by atoms with van der Waals surface area (Å²) in [4.78, 5) is 18.8. The van der Waals surface area contributed by atoms with Crippen LogP contribution in [0.15, 0.2) is 41.3 Å². The quantitative estimate of drug-likeness (QED) is 0.756. The van der Waals surface area contributed by atoms with E-state index < -0.39 is 0 Å². The molecule has 1 saturated heterocycles. The van der Waals surface area contributed by atoms with Crippen LogP contribution in [0, 0.1) is 12.8 Å². The van der Waals surface area contributed by atoms with Crippen molar-refractivity contribution in [2.75, 3.05) is 31.5 Å². The van der Waals surface area contributed by atoms with E-state index in [1.165, 1.54) is 0 Å². The lowest BCUT2D eigenvalue weighted by Gasteiger charge is -2.31. The van der Waals surface area contributed by atoms with Crippen LogP contribution >= 0.6 is 0 Å². The van der Waals surface area contributed by atoms with Crippen molar-refractivity contribution >= 4 is 11.6 Å². The van der Waals surface area contributed by atoms with Crippen LogP contribution in [0.5, 0.6) is 0 Å². The van der Waals surface area contributed by atoms with E-state index in [9.17, 15) is 4.79 Å². The van der Waals surface area contributed by atoms with E-state index in [1.807, 2.05) is 31.3 Å². The van der Waals surface area contributed by atoms with Crippen molar-refractivity contribution in [2.45, 2.75) is 26.3 Å². The molecule has 0 radical (unpaired) electrons. The highest BCUT2D eigenvalue weighted by Crippen LogP contribution is 2.19. The standard InChI is InChI=1S/C19H26N4O2/c1-15-12-20-7-6-18(15)21-8-9-22-19(24)16-4-2-10-23(13-16)14-17-5-3-11-25-17/h3,5-7,11-12,16H,2,4,8-10,13-14H2,1H3,(H,20,21)(H,22,24)/t16-/m1/s1. The largest absolute Gasteiger partial charge is 0.468 e. The lowest BCUT2D eigenvalue weighted by molar-refractivity contribution is -0.126. The molecule has 1 amide bonds. The molecule has 134 valence electrons. The van der Waals surface area contributed by atoms with Crippen LogP contribution in [0.1, 0.15) is 24.2 Å². The van der Waals surface area contributed by atoms with E-state index in [0.29, 0.717) is 13.1 Å². The SMILES string of the molecule is Cc1cnccc1NCCNC(=O)[C@@H]1CCCN(Cc2ccco2)C1. The smallest absolute Gasteiger partial charge is 0.224 e. The average molecular weight is 342 g/mol.